The highest BCUT2D eigenvalue weighted by Crippen LogP contribution is 2.41. The molecule has 1 aliphatic rings. The Balaban J connectivity index is 1.85. The van der Waals surface area contributed by atoms with Crippen molar-refractivity contribution in [2.45, 2.75) is 38.5 Å². The second-order valence-electron chi connectivity index (χ2n) is 9.13. The van der Waals surface area contributed by atoms with Crippen molar-refractivity contribution in [2.75, 3.05) is 11.6 Å². The number of nitrogens with one attached hydrogen (secondary N) is 1. The summed E-state index contributed by atoms with van der Waals surface area (Å²) in [5, 5.41) is 3.23. The van der Waals surface area contributed by atoms with Crippen LogP contribution < -0.4 is 16.5 Å². The molecule has 1 saturated carbocycles. The molecule has 0 spiro atoms. The predicted molar refractivity (Wildman–Crippen MR) is 150 cm³/mol. The second-order valence-corrected chi connectivity index (χ2v) is 11.8. The van der Waals surface area contributed by atoms with E-state index in [2.05, 4.69) is 5.32 Å². The number of halogens is 2. The number of aromatic nitrogens is 1. The average molecular weight is 618 g/mol. The van der Waals surface area contributed by atoms with Crippen molar-refractivity contribution in [3.63, 3.8) is 0 Å². The van der Waals surface area contributed by atoms with E-state index in [9.17, 15) is 18.2 Å². The molecule has 0 radical (unpaired) electrons. The quantitative estimate of drug-likeness (QED) is 0.271. The average Bonchev–Trinajstić information content (AvgIpc) is 3.63. The minimum atomic E-state index is -1.03. The maximum Gasteiger partial charge on any atom is 0.341 e. The van der Waals surface area contributed by atoms with Crippen LogP contribution in [0.25, 0.3) is 22.1 Å². The van der Waals surface area contributed by atoms with Gasteiger partial charge in [-0.1, -0.05) is 24.3 Å². The van der Waals surface area contributed by atoms with E-state index in [0.29, 0.717) is 17.0 Å². The monoisotopic (exact) mass is 618 g/mol. The Hall–Kier alpha value is -2.79. The summed E-state index contributed by atoms with van der Waals surface area (Å²) < 4.78 is 34.9. The maximum atomic E-state index is 14.8. The molecule has 0 aliphatic heterocycles. The van der Waals surface area contributed by atoms with Gasteiger partial charge in [0.1, 0.15) is 11.2 Å². The van der Waals surface area contributed by atoms with Gasteiger partial charge in [0.2, 0.25) is 0 Å². The van der Waals surface area contributed by atoms with Crippen LogP contribution in [-0.2, 0) is 16.6 Å². The van der Waals surface area contributed by atoms with Gasteiger partial charge in [0.25, 0.3) is 5.56 Å². The van der Waals surface area contributed by atoms with Crippen LogP contribution in [0.15, 0.2) is 56.5 Å². The zero-order valence-electron chi connectivity index (χ0n) is 20.0. The molecule has 1 fully saturated rings. The van der Waals surface area contributed by atoms with Crippen molar-refractivity contribution in [3.8, 4) is 11.1 Å². The normalized spacial score (nSPS) is 14.2. The van der Waals surface area contributed by atoms with Crippen LogP contribution in [0.1, 0.15) is 35.7 Å². The number of hydrogen-bond acceptors (Lipinski definition) is 5. The maximum absolute atomic E-state index is 14.8. The molecular formula is C27H24FIN2O4S. The molecule has 6 nitrogen and oxygen atoms in total. The van der Waals surface area contributed by atoms with Gasteiger partial charge in [-0.05, 0) is 78.6 Å². The molecule has 186 valence electrons. The lowest BCUT2D eigenvalue weighted by Crippen LogP contribution is -2.25. The highest BCUT2D eigenvalue weighted by atomic mass is 127. The van der Waals surface area contributed by atoms with Gasteiger partial charge in [-0.2, -0.15) is 0 Å². The van der Waals surface area contributed by atoms with E-state index in [1.165, 1.54) is 6.07 Å². The summed E-state index contributed by atoms with van der Waals surface area (Å²) in [5.41, 5.74) is 2.84. The molecule has 1 atom stereocenters. The van der Waals surface area contributed by atoms with E-state index in [0.717, 1.165) is 27.5 Å². The van der Waals surface area contributed by atoms with E-state index in [1.807, 2.05) is 53.8 Å². The molecule has 4 aromatic rings. The Morgan fingerprint density at radius 2 is 1.92 bits per heavy atom. The summed E-state index contributed by atoms with van der Waals surface area (Å²) >= 11 is 2.02. The van der Waals surface area contributed by atoms with Crippen LogP contribution >= 0.6 is 22.6 Å². The molecule has 5 rings (SSSR count). The summed E-state index contributed by atoms with van der Waals surface area (Å²) in [6.07, 6.45) is 3.40. The molecule has 0 amide bonds. The summed E-state index contributed by atoms with van der Waals surface area (Å²) in [4.78, 5) is 26.8. The molecule has 2 aromatic heterocycles. The highest BCUT2D eigenvalue weighted by molar-refractivity contribution is 14.1. The molecule has 0 bridgehead atoms. The van der Waals surface area contributed by atoms with Crippen molar-refractivity contribution >= 4 is 55.7 Å². The lowest BCUT2D eigenvalue weighted by atomic mass is 9.98. The Kier molecular flexibility index (Phi) is 6.63. The Bertz CT molecular complexity index is 1670. The Morgan fingerprint density at radius 3 is 2.58 bits per heavy atom. The number of rotatable bonds is 6. The van der Waals surface area contributed by atoms with E-state index in [4.69, 9.17) is 4.42 Å². The van der Waals surface area contributed by atoms with Gasteiger partial charge in [-0.25, -0.2) is 9.18 Å². The zero-order valence-corrected chi connectivity index (χ0v) is 23.0. The SMILES string of the molecule is Cc1c(Nc2ccc(I)cc2F)c2c(=O)n(C3CC3)c(C)c(-c3cccc(C[S@](C)=O)c3)c2oc1=O. The van der Waals surface area contributed by atoms with Crippen molar-refractivity contribution in [3.05, 3.63) is 89.4 Å². The molecule has 1 aliphatic carbocycles. The van der Waals surface area contributed by atoms with E-state index in [-0.39, 0.29) is 39.5 Å². The summed E-state index contributed by atoms with van der Waals surface area (Å²) in [5.74, 6) is -0.104. The summed E-state index contributed by atoms with van der Waals surface area (Å²) in [7, 11) is -1.03. The second kappa shape index (κ2) is 9.59. The Morgan fingerprint density at radius 1 is 1.17 bits per heavy atom. The van der Waals surface area contributed by atoms with Gasteiger partial charge in [-0.15, -0.1) is 0 Å². The largest absolute Gasteiger partial charge is 0.421 e. The van der Waals surface area contributed by atoms with Crippen LogP contribution in [0.3, 0.4) is 0 Å². The van der Waals surface area contributed by atoms with Gasteiger partial charge in [-0.3, -0.25) is 9.00 Å². The Labute approximate surface area is 223 Å². The molecule has 0 unspecified atom stereocenters. The fourth-order valence-corrected chi connectivity index (χ4v) is 5.71. The van der Waals surface area contributed by atoms with Crippen molar-refractivity contribution < 1.29 is 13.0 Å². The van der Waals surface area contributed by atoms with E-state index >= 15 is 0 Å². The van der Waals surface area contributed by atoms with Crippen LogP contribution in [0, 0.1) is 23.2 Å². The van der Waals surface area contributed by atoms with E-state index < -0.39 is 22.2 Å². The lowest BCUT2D eigenvalue weighted by Gasteiger charge is -2.19. The highest BCUT2D eigenvalue weighted by Gasteiger charge is 2.31. The summed E-state index contributed by atoms with van der Waals surface area (Å²) in [6.45, 7) is 3.42. The number of hydrogen-bond donors (Lipinski definition) is 1. The first kappa shape index (κ1) is 24.9. The van der Waals surface area contributed by atoms with Crippen molar-refractivity contribution in [2.24, 2.45) is 0 Å². The molecule has 2 aromatic carbocycles. The molecule has 2 heterocycles. The first-order valence-corrected chi connectivity index (χ1v) is 14.3. The third kappa shape index (κ3) is 4.54. The van der Waals surface area contributed by atoms with E-state index in [1.54, 1.807) is 29.9 Å². The minimum Gasteiger partial charge on any atom is -0.421 e. The fourth-order valence-electron chi connectivity index (χ4n) is 4.61. The predicted octanol–water partition coefficient (Wildman–Crippen LogP) is 5.94. The van der Waals surface area contributed by atoms with Crippen LogP contribution in [-0.4, -0.2) is 15.0 Å². The molecule has 0 saturated heterocycles. The van der Waals surface area contributed by atoms with Crippen molar-refractivity contribution in [1.29, 1.82) is 0 Å². The van der Waals surface area contributed by atoms with Gasteiger partial charge < -0.3 is 14.3 Å². The first-order valence-electron chi connectivity index (χ1n) is 11.5. The van der Waals surface area contributed by atoms with Gasteiger partial charge in [0.15, 0.2) is 5.58 Å². The molecule has 9 heteroatoms. The van der Waals surface area contributed by atoms with Gasteiger partial charge in [0, 0.05) is 43.7 Å². The minimum absolute atomic E-state index is 0.0575. The smallest absolute Gasteiger partial charge is 0.341 e. The molecule has 36 heavy (non-hydrogen) atoms. The van der Waals surface area contributed by atoms with Crippen molar-refractivity contribution in [1.82, 2.24) is 4.57 Å². The summed E-state index contributed by atoms with van der Waals surface area (Å²) in [6, 6.07) is 12.3. The zero-order chi connectivity index (χ0) is 25.7. The first-order chi connectivity index (χ1) is 17.2. The molecular weight excluding hydrogens is 594 g/mol. The number of nitrogens with zero attached hydrogens (tertiary/aromatic N) is 1. The number of anilines is 2. The third-order valence-corrected chi connectivity index (χ3v) is 7.84. The lowest BCUT2D eigenvalue weighted by molar-refractivity contribution is 0.553. The van der Waals surface area contributed by atoms with Gasteiger partial charge >= 0.3 is 5.63 Å². The van der Waals surface area contributed by atoms with Crippen LogP contribution in [0.4, 0.5) is 15.8 Å². The number of fused-ring (bicyclic) bond motifs is 1. The standard InChI is InChI=1S/C27H24FIN2O4S/c1-14-24(30-21-10-7-18(29)12-20(21)28)23-25(35-27(14)33)22(15(2)31(26(23)32)19-8-9-19)17-6-4-5-16(11-17)13-36(3)34/h4-7,10-12,19,30H,8-9,13H2,1-3H3/t36-/m0/s1. The topological polar surface area (TPSA) is 81.3 Å². The number of benzene rings is 2. The molecule has 1 N–H and O–H groups in total. The number of pyridine rings is 1. The van der Waals surface area contributed by atoms with Crippen LogP contribution in [0.2, 0.25) is 0 Å². The van der Waals surface area contributed by atoms with Crippen LogP contribution in [0.5, 0.6) is 0 Å². The van der Waals surface area contributed by atoms with Gasteiger partial charge in [0.05, 0.1) is 16.9 Å². The third-order valence-electron chi connectivity index (χ3n) is 6.42. The fraction of sp³-hybridized carbons (Fsp3) is 0.259.